The second kappa shape index (κ2) is 7.44. The van der Waals surface area contributed by atoms with Crippen molar-refractivity contribution in [1.29, 1.82) is 0 Å². The zero-order chi connectivity index (χ0) is 16.2. The van der Waals surface area contributed by atoms with Gasteiger partial charge in [-0.1, -0.05) is 6.08 Å². The topological polar surface area (TPSA) is 60.2 Å². The Labute approximate surface area is 130 Å². The van der Waals surface area contributed by atoms with Crippen LogP contribution < -0.4 is 0 Å². The van der Waals surface area contributed by atoms with Crippen LogP contribution in [0.2, 0.25) is 0 Å². The smallest absolute Gasteiger partial charge is 0.309 e. The highest BCUT2D eigenvalue weighted by Crippen LogP contribution is 2.54. The molecule has 0 aromatic heterocycles. The van der Waals surface area contributed by atoms with Gasteiger partial charge >= 0.3 is 7.60 Å². The fourth-order valence-corrected chi connectivity index (χ4v) is 4.22. The molecule has 2 aliphatic rings. The third kappa shape index (κ3) is 3.80. The maximum atomic E-state index is 13.3. The van der Waals surface area contributed by atoms with E-state index in [0.717, 1.165) is 0 Å². The number of fused-ring (bicyclic) bond motifs is 1. The molecule has 0 spiro atoms. The monoisotopic (exact) mass is 328 g/mol. The highest BCUT2D eigenvalue weighted by molar-refractivity contribution is 7.54. The van der Waals surface area contributed by atoms with Gasteiger partial charge in [-0.05, 0) is 32.9 Å². The van der Waals surface area contributed by atoms with Crippen LogP contribution in [0, 0.1) is 5.92 Å². The number of nitrogens with zero attached hydrogens (tertiary/aromatic N) is 2. The zero-order valence-electron chi connectivity index (χ0n) is 13.1. The van der Waals surface area contributed by atoms with Crippen LogP contribution in [0.15, 0.2) is 34.0 Å². The van der Waals surface area contributed by atoms with E-state index in [1.807, 2.05) is 0 Å². The minimum atomic E-state index is -3.26. The maximum Gasteiger partial charge on any atom is 0.335 e. The highest BCUT2D eigenvalue weighted by Gasteiger charge is 2.38. The first-order valence-corrected chi connectivity index (χ1v) is 9.12. The van der Waals surface area contributed by atoms with Crippen molar-refractivity contribution in [2.75, 3.05) is 13.2 Å². The van der Waals surface area contributed by atoms with Crippen LogP contribution in [0.3, 0.4) is 0 Å². The SMILES string of the molecule is CCOP(=O)(OCC)C(C)C1C=NC2C=CC(F)=CC2C=N1. The van der Waals surface area contributed by atoms with Crippen molar-refractivity contribution >= 4 is 20.0 Å². The van der Waals surface area contributed by atoms with E-state index in [1.54, 1.807) is 39.3 Å². The van der Waals surface area contributed by atoms with Gasteiger partial charge in [-0.2, -0.15) is 0 Å². The molecule has 1 heterocycles. The molecule has 122 valence electrons. The van der Waals surface area contributed by atoms with Crippen LogP contribution in [0.25, 0.3) is 0 Å². The van der Waals surface area contributed by atoms with E-state index in [1.165, 1.54) is 12.2 Å². The van der Waals surface area contributed by atoms with Crippen LogP contribution in [-0.2, 0) is 13.6 Å². The first kappa shape index (κ1) is 17.3. The Morgan fingerprint density at radius 2 is 1.95 bits per heavy atom. The van der Waals surface area contributed by atoms with E-state index in [4.69, 9.17) is 9.05 Å². The van der Waals surface area contributed by atoms with Crippen molar-refractivity contribution in [3.63, 3.8) is 0 Å². The molecule has 4 unspecified atom stereocenters. The minimum absolute atomic E-state index is 0.168. The Kier molecular flexibility index (Phi) is 5.84. The van der Waals surface area contributed by atoms with Gasteiger partial charge < -0.3 is 9.05 Å². The van der Waals surface area contributed by atoms with Gasteiger partial charge in [0.2, 0.25) is 0 Å². The Bertz CT molecular complexity index is 549. The first-order valence-electron chi connectivity index (χ1n) is 7.51. The van der Waals surface area contributed by atoms with Gasteiger partial charge in [0, 0.05) is 18.3 Å². The Morgan fingerprint density at radius 1 is 1.27 bits per heavy atom. The predicted octanol–water partition coefficient (Wildman–Crippen LogP) is 3.57. The Morgan fingerprint density at radius 3 is 2.59 bits per heavy atom. The molecule has 0 bridgehead atoms. The predicted molar refractivity (Wildman–Crippen MR) is 86.7 cm³/mol. The van der Waals surface area contributed by atoms with Crippen molar-refractivity contribution in [2.24, 2.45) is 15.9 Å². The number of allylic oxidation sites excluding steroid dienone is 2. The average molecular weight is 328 g/mol. The standard InChI is InChI=1S/C15H22FN2O3P/c1-4-20-22(19,21-5-2)11(3)15-10-18-14-7-6-13(16)8-12(14)9-17-15/h6-12,14-15H,4-5H2,1-3H3. The van der Waals surface area contributed by atoms with E-state index >= 15 is 0 Å². The molecule has 0 saturated carbocycles. The second-order valence-electron chi connectivity index (χ2n) is 5.18. The normalized spacial score (nSPS) is 28.9. The van der Waals surface area contributed by atoms with E-state index < -0.39 is 19.3 Å². The molecule has 2 rings (SSSR count). The summed E-state index contributed by atoms with van der Waals surface area (Å²) in [6.07, 6.45) is 7.94. The lowest BCUT2D eigenvalue weighted by atomic mass is 9.96. The van der Waals surface area contributed by atoms with Crippen LogP contribution >= 0.6 is 7.60 Å². The van der Waals surface area contributed by atoms with Crippen molar-refractivity contribution < 1.29 is 18.0 Å². The molecule has 0 N–H and O–H groups in total. The van der Waals surface area contributed by atoms with Gasteiger partial charge in [0.05, 0.1) is 31.0 Å². The van der Waals surface area contributed by atoms with Crippen LogP contribution in [0.4, 0.5) is 4.39 Å². The van der Waals surface area contributed by atoms with Crippen molar-refractivity contribution in [2.45, 2.75) is 38.5 Å². The molecule has 0 amide bonds. The van der Waals surface area contributed by atoms with Gasteiger partial charge in [0.15, 0.2) is 0 Å². The fourth-order valence-electron chi connectivity index (χ4n) is 2.43. The molecule has 7 heteroatoms. The Balaban J connectivity index is 2.20. The summed E-state index contributed by atoms with van der Waals surface area (Å²) in [5.74, 6) is -0.499. The largest absolute Gasteiger partial charge is 0.335 e. The zero-order valence-corrected chi connectivity index (χ0v) is 13.9. The van der Waals surface area contributed by atoms with Gasteiger partial charge in [-0.3, -0.25) is 14.5 Å². The van der Waals surface area contributed by atoms with Gasteiger partial charge in [0.25, 0.3) is 0 Å². The number of rotatable bonds is 6. The van der Waals surface area contributed by atoms with Crippen LogP contribution in [-0.4, -0.2) is 43.4 Å². The van der Waals surface area contributed by atoms with E-state index in [2.05, 4.69) is 9.98 Å². The highest BCUT2D eigenvalue weighted by atomic mass is 31.2. The average Bonchev–Trinajstić information content (AvgIpc) is 2.69. The molecular weight excluding hydrogens is 306 g/mol. The lowest BCUT2D eigenvalue weighted by Crippen LogP contribution is -2.25. The van der Waals surface area contributed by atoms with E-state index in [-0.39, 0.29) is 17.8 Å². The number of halogens is 1. The summed E-state index contributed by atoms with van der Waals surface area (Å²) in [7, 11) is -3.26. The molecule has 0 aromatic carbocycles. The molecule has 1 aliphatic heterocycles. The summed E-state index contributed by atoms with van der Waals surface area (Å²) < 4.78 is 36.9. The van der Waals surface area contributed by atoms with E-state index in [9.17, 15) is 8.96 Å². The summed E-state index contributed by atoms with van der Waals surface area (Å²) in [4.78, 5) is 8.86. The lowest BCUT2D eigenvalue weighted by molar-refractivity contribution is 0.212. The summed E-state index contributed by atoms with van der Waals surface area (Å²) in [6.45, 7) is 5.93. The lowest BCUT2D eigenvalue weighted by Gasteiger charge is -2.25. The molecule has 22 heavy (non-hydrogen) atoms. The van der Waals surface area contributed by atoms with Gasteiger partial charge in [0.1, 0.15) is 5.83 Å². The minimum Gasteiger partial charge on any atom is -0.309 e. The van der Waals surface area contributed by atoms with Crippen molar-refractivity contribution in [3.05, 3.63) is 24.1 Å². The number of hydrogen-bond donors (Lipinski definition) is 0. The number of hydrogen-bond acceptors (Lipinski definition) is 5. The second-order valence-corrected chi connectivity index (χ2v) is 7.59. The fraction of sp³-hybridized carbons (Fsp3) is 0.600. The molecule has 5 nitrogen and oxygen atoms in total. The summed E-state index contributed by atoms with van der Waals surface area (Å²) in [5.41, 5.74) is -0.453. The van der Waals surface area contributed by atoms with Gasteiger partial charge in [-0.25, -0.2) is 4.39 Å². The molecule has 0 saturated heterocycles. The molecule has 4 atom stereocenters. The summed E-state index contributed by atoms with van der Waals surface area (Å²) in [5, 5.41) is 0. The first-order chi connectivity index (χ1) is 10.5. The quantitative estimate of drug-likeness (QED) is 0.700. The van der Waals surface area contributed by atoms with E-state index in [0.29, 0.717) is 13.2 Å². The third-order valence-electron chi connectivity index (χ3n) is 3.65. The maximum absolute atomic E-state index is 13.3. The molecule has 0 aromatic rings. The molecule has 0 fully saturated rings. The summed E-state index contributed by atoms with van der Waals surface area (Å²) >= 11 is 0. The van der Waals surface area contributed by atoms with Crippen molar-refractivity contribution in [3.8, 4) is 0 Å². The van der Waals surface area contributed by atoms with Crippen molar-refractivity contribution in [1.82, 2.24) is 0 Å². The van der Waals surface area contributed by atoms with Crippen LogP contribution in [0.1, 0.15) is 20.8 Å². The van der Waals surface area contributed by atoms with Crippen LogP contribution in [0.5, 0.6) is 0 Å². The number of aliphatic imine (C=N–C) groups is 2. The third-order valence-corrected chi connectivity index (χ3v) is 6.19. The molecule has 0 radical (unpaired) electrons. The molecule has 1 aliphatic carbocycles. The Hall–Kier alpha value is -1.10. The van der Waals surface area contributed by atoms with Gasteiger partial charge in [-0.15, -0.1) is 0 Å². The summed E-state index contributed by atoms with van der Waals surface area (Å²) in [6, 6.07) is -0.585. The molecular formula is C15H22FN2O3P.